The molecule has 1 aromatic heterocycles. The molecule has 1 atom stereocenters. The number of hydrogen-bond acceptors (Lipinski definition) is 5. The van der Waals surface area contributed by atoms with E-state index < -0.39 is 12.0 Å². The average molecular weight is 374 g/mol. The molecule has 7 nitrogen and oxygen atoms in total. The third-order valence-corrected chi connectivity index (χ3v) is 4.63. The van der Waals surface area contributed by atoms with Gasteiger partial charge in [0.1, 0.15) is 6.04 Å². The lowest BCUT2D eigenvalue weighted by Gasteiger charge is -2.21. The fourth-order valence-corrected chi connectivity index (χ4v) is 3.24. The number of nitrogens with zero attached hydrogens (tertiary/aromatic N) is 4. The lowest BCUT2D eigenvalue weighted by atomic mass is 10.0. The third-order valence-electron chi connectivity index (χ3n) is 4.63. The zero-order chi connectivity index (χ0) is 19.5. The highest BCUT2D eigenvalue weighted by Gasteiger charge is 2.34. The van der Waals surface area contributed by atoms with Crippen LogP contribution >= 0.6 is 0 Å². The summed E-state index contributed by atoms with van der Waals surface area (Å²) in [6.07, 6.45) is 1.81. The minimum atomic E-state index is -1.01. The molecule has 7 heteroatoms. The monoisotopic (exact) mass is 374 g/mol. The summed E-state index contributed by atoms with van der Waals surface area (Å²) in [6.45, 7) is 0. The molecule has 1 amide bonds. The van der Waals surface area contributed by atoms with Gasteiger partial charge in [-0.15, -0.1) is 0 Å². The van der Waals surface area contributed by atoms with Crippen LogP contribution in [0.25, 0.3) is 11.0 Å². The number of aromatic nitrogens is 2. The van der Waals surface area contributed by atoms with Crippen LogP contribution in [0.2, 0.25) is 0 Å². The Bertz CT molecular complexity index is 1070. The van der Waals surface area contributed by atoms with E-state index in [0.29, 0.717) is 12.1 Å². The van der Waals surface area contributed by atoms with Gasteiger partial charge in [-0.3, -0.25) is 14.6 Å². The molecule has 3 aromatic rings. The summed E-state index contributed by atoms with van der Waals surface area (Å²) >= 11 is 0. The molecule has 0 radical (unpaired) electrons. The summed E-state index contributed by atoms with van der Waals surface area (Å²) in [6, 6.07) is 16.7. The first-order valence-corrected chi connectivity index (χ1v) is 9.00. The lowest BCUT2D eigenvalue weighted by Crippen LogP contribution is -2.28. The van der Waals surface area contributed by atoms with Crippen LogP contribution in [0.4, 0.5) is 0 Å². The van der Waals surface area contributed by atoms with Crippen molar-refractivity contribution in [1.29, 1.82) is 0 Å². The lowest BCUT2D eigenvalue weighted by molar-refractivity contribution is -0.141. The van der Waals surface area contributed by atoms with Gasteiger partial charge in [-0.2, -0.15) is 5.10 Å². The Morgan fingerprint density at radius 1 is 1.00 bits per heavy atom. The first-order valence-electron chi connectivity index (χ1n) is 9.00. The number of carboxylic acids is 1. The molecule has 1 aliphatic rings. The minimum Gasteiger partial charge on any atom is -0.481 e. The Labute approximate surface area is 161 Å². The van der Waals surface area contributed by atoms with E-state index in [1.165, 1.54) is 5.01 Å². The molecule has 1 aliphatic heterocycles. The van der Waals surface area contributed by atoms with E-state index in [4.69, 9.17) is 5.11 Å². The Morgan fingerprint density at radius 3 is 2.46 bits per heavy atom. The number of benzene rings is 2. The van der Waals surface area contributed by atoms with Crippen LogP contribution in [-0.2, 0) is 9.59 Å². The Balaban J connectivity index is 1.68. The van der Waals surface area contributed by atoms with Gasteiger partial charge in [0.2, 0.25) is 5.91 Å². The second-order valence-electron chi connectivity index (χ2n) is 6.55. The van der Waals surface area contributed by atoms with E-state index in [9.17, 15) is 9.59 Å². The second kappa shape index (κ2) is 7.56. The van der Waals surface area contributed by atoms with Crippen LogP contribution in [0.15, 0.2) is 65.9 Å². The van der Waals surface area contributed by atoms with Crippen LogP contribution in [-0.4, -0.2) is 37.7 Å². The smallest absolute Gasteiger partial charge is 0.303 e. The molecule has 28 heavy (non-hydrogen) atoms. The van der Waals surface area contributed by atoms with Gasteiger partial charge in [0.25, 0.3) is 0 Å². The van der Waals surface area contributed by atoms with Crippen molar-refractivity contribution in [2.24, 2.45) is 5.10 Å². The SMILES string of the molecule is O=C(O)CCC(=O)N1N=C(c2ccccc2)C[C@@H]1c1cnc2ccccc2n1. The molecule has 140 valence electrons. The number of amides is 1. The number of carboxylic acid groups (broad SMARTS) is 1. The van der Waals surface area contributed by atoms with Gasteiger partial charge in [-0.1, -0.05) is 42.5 Å². The number of hydrogen-bond donors (Lipinski definition) is 1. The van der Waals surface area contributed by atoms with Crippen LogP contribution in [0, 0.1) is 0 Å². The van der Waals surface area contributed by atoms with E-state index in [2.05, 4.69) is 15.1 Å². The largest absolute Gasteiger partial charge is 0.481 e. The summed E-state index contributed by atoms with van der Waals surface area (Å²) in [7, 11) is 0. The highest BCUT2D eigenvalue weighted by Crippen LogP contribution is 2.32. The zero-order valence-corrected chi connectivity index (χ0v) is 15.0. The molecule has 0 spiro atoms. The third kappa shape index (κ3) is 3.59. The van der Waals surface area contributed by atoms with Crippen molar-refractivity contribution in [3.63, 3.8) is 0 Å². The second-order valence-corrected chi connectivity index (χ2v) is 6.55. The van der Waals surface area contributed by atoms with Gasteiger partial charge >= 0.3 is 5.97 Å². The number of fused-ring (bicyclic) bond motifs is 1. The molecule has 2 heterocycles. The topological polar surface area (TPSA) is 95.8 Å². The first-order chi connectivity index (χ1) is 13.6. The standard InChI is InChI=1S/C21H18N4O3/c26-20(10-11-21(27)28)25-19(12-17(24-25)14-6-2-1-3-7-14)18-13-22-15-8-4-5-9-16(15)23-18/h1-9,13,19H,10-12H2,(H,27,28)/t19-/m1/s1. The van der Waals surface area contributed by atoms with Crippen LogP contribution in [0.5, 0.6) is 0 Å². The van der Waals surface area contributed by atoms with Gasteiger partial charge in [-0.05, 0) is 17.7 Å². The van der Waals surface area contributed by atoms with Gasteiger partial charge in [0.15, 0.2) is 0 Å². The maximum Gasteiger partial charge on any atom is 0.303 e. The molecule has 4 rings (SSSR count). The molecular formula is C21H18N4O3. The van der Waals surface area contributed by atoms with Crippen LogP contribution in [0.3, 0.4) is 0 Å². The van der Waals surface area contributed by atoms with Crippen LogP contribution < -0.4 is 0 Å². The van der Waals surface area contributed by atoms with Gasteiger partial charge in [0.05, 0.1) is 35.1 Å². The Kier molecular flexibility index (Phi) is 4.80. The summed E-state index contributed by atoms with van der Waals surface area (Å²) in [5.41, 5.74) is 3.85. The molecule has 0 saturated heterocycles. The number of para-hydroxylation sites is 2. The molecular weight excluding hydrogens is 356 g/mol. The van der Waals surface area contributed by atoms with Gasteiger partial charge in [-0.25, -0.2) is 9.99 Å². The van der Waals surface area contributed by atoms with E-state index >= 15 is 0 Å². The van der Waals surface area contributed by atoms with Crippen molar-refractivity contribution in [2.45, 2.75) is 25.3 Å². The molecule has 0 bridgehead atoms. The Morgan fingerprint density at radius 2 is 1.71 bits per heavy atom. The zero-order valence-electron chi connectivity index (χ0n) is 15.0. The van der Waals surface area contributed by atoms with Gasteiger partial charge < -0.3 is 5.11 Å². The summed E-state index contributed by atoms with van der Waals surface area (Å²) in [5, 5.41) is 14.8. The number of aliphatic carboxylic acids is 1. The highest BCUT2D eigenvalue weighted by molar-refractivity contribution is 6.03. The summed E-state index contributed by atoms with van der Waals surface area (Å²) in [5.74, 6) is -1.35. The maximum atomic E-state index is 12.7. The first kappa shape index (κ1) is 17.8. The molecule has 0 saturated carbocycles. The average Bonchev–Trinajstić information content (AvgIpc) is 3.18. The van der Waals surface area contributed by atoms with Crippen LogP contribution in [0.1, 0.15) is 36.6 Å². The summed E-state index contributed by atoms with van der Waals surface area (Å²) in [4.78, 5) is 32.7. The van der Waals surface area contributed by atoms with E-state index in [-0.39, 0.29) is 18.7 Å². The normalized spacial score (nSPS) is 16.2. The predicted molar refractivity (Wildman–Crippen MR) is 104 cm³/mol. The van der Waals surface area contributed by atoms with E-state index in [0.717, 1.165) is 22.3 Å². The van der Waals surface area contributed by atoms with E-state index in [1.54, 1.807) is 6.20 Å². The molecule has 1 N–H and O–H groups in total. The van der Waals surface area contributed by atoms with Crippen molar-refractivity contribution in [2.75, 3.05) is 0 Å². The maximum absolute atomic E-state index is 12.7. The number of hydrazone groups is 1. The van der Waals surface area contributed by atoms with Crippen molar-refractivity contribution in [3.8, 4) is 0 Å². The molecule has 0 fully saturated rings. The number of carbonyl (C=O) groups excluding carboxylic acids is 1. The molecule has 0 aliphatic carbocycles. The number of carbonyl (C=O) groups is 2. The van der Waals surface area contributed by atoms with Crippen molar-refractivity contribution in [3.05, 3.63) is 72.1 Å². The van der Waals surface area contributed by atoms with Gasteiger partial charge in [0, 0.05) is 12.8 Å². The number of rotatable bonds is 5. The fourth-order valence-electron chi connectivity index (χ4n) is 3.24. The van der Waals surface area contributed by atoms with Crippen molar-refractivity contribution in [1.82, 2.24) is 15.0 Å². The van der Waals surface area contributed by atoms with Crippen molar-refractivity contribution >= 4 is 28.6 Å². The minimum absolute atomic E-state index is 0.113. The quantitative estimate of drug-likeness (QED) is 0.740. The fraction of sp³-hybridized carbons (Fsp3) is 0.190. The predicted octanol–water partition coefficient (Wildman–Crippen LogP) is 3.17. The Hall–Kier alpha value is -3.61. The van der Waals surface area contributed by atoms with E-state index in [1.807, 2.05) is 54.6 Å². The summed E-state index contributed by atoms with van der Waals surface area (Å²) < 4.78 is 0. The van der Waals surface area contributed by atoms with Crippen molar-refractivity contribution < 1.29 is 14.7 Å². The highest BCUT2D eigenvalue weighted by atomic mass is 16.4. The molecule has 0 unspecified atom stereocenters. The molecule has 2 aromatic carbocycles.